The van der Waals surface area contributed by atoms with Crippen LogP contribution in [0.5, 0.6) is 0 Å². The number of methoxy groups -OCH3 is 1. The molecule has 4 nitrogen and oxygen atoms in total. The molecule has 0 spiro atoms. The fourth-order valence-corrected chi connectivity index (χ4v) is 3.00. The summed E-state index contributed by atoms with van der Waals surface area (Å²) in [4.78, 5) is 5.79. The summed E-state index contributed by atoms with van der Waals surface area (Å²) in [6.45, 7) is 3.68. The topological polar surface area (TPSA) is 39.1 Å². The van der Waals surface area contributed by atoms with Crippen LogP contribution in [0.1, 0.15) is 30.7 Å². The van der Waals surface area contributed by atoms with Crippen LogP contribution < -0.4 is 5.32 Å². The summed E-state index contributed by atoms with van der Waals surface area (Å²) in [5, 5.41) is 5.46. The summed E-state index contributed by atoms with van der Waals surface area (Å²) in [7, 11) is 1.71. The number of rotatable bonds is 8. The van der Waals surface area contributed by atoms with Crippen LogP contribution in [0.15, 0.2) is 29.9 Å². The number of hydrogen-bond acceptors (Lipinski definition) is 4. The Morgan fingerprint density at radius 3 is 3.11 bits per heavy atom. The highest BCUT2D eigenvalue weighted by molar-refractivity contribution is 7.10. The van der Waals surface area contributed by atoms with Gasteiger partial charge in [0.1, 0.15) is 0 Å². The Morgan fingerprint density at radius 2 is 2.42 bits per heavy atom. The molecule has 5 heteroatoms. The van der Waals surface area contributed by atoms with Gasteiger partial charge < -0.3 is 14.6 Å². The van der Waals surface area contributed by atoms with Gasteiger partial charge in [0, 0.05) is 30.9 Å². The second-order valence-corrected chi connectivity index (χ2v) is 5.38. The normalized spacial score (nSPS) is 12.5. The first-order valence-electron chi connectivity index (χ1n) is 6.65. The van der Waals surface area contributed by atoms with E-state index in [4.69, 9.17) is 4.74 Å². The van der Waals surface area contributed by atoms with Crippen LogP contribution in [0.2, 0.25) is 0 Å². The van der Waals surface area contributed by atoms with Crippen LogP contribution in [0, 0.1) is 0 Å². The molecule has 19 heavy (non-hydrogen) atoms. The van der Waals surface area contributed by atoms with E-state index in [1.54, 1.807) is 18.4 Å². The molecule has 0 amide bonds. The fourth-order valence-electron chi connectivity index (χ4n) is 2.14. The molecule has 0 aliphatic heterocycles. The zero-order chi connectivity index (χ0) is 13.5. The van der Waals surface area contributed by atoms with Gasteiger partial charge in [0.25, 0.3) is 0 Å². The summed E-state index contributed by atoms with van der Waals surface area (Å²) in [5.74, 6) is 0.920. The number of anilines is 1. The van der Waals surface area contributed by atoms with Gasteiger partial charge in [-0.1, -0.05) is 19.4 Å². The predicted molar refractivity (Wildman–Crippen MR) is 80.0 cm³/mol. The maximum absolute atomic E-state index is 5.06. The van der Waals surface area contributed by atoms with E-state index < -0.39 is 0 Å². The van der Waals surface area contributed by atoms with Crippen LogP contribution in [-0.2, 0) is 4.74 Å². The van der Waals surface area contributed by atoms with E-state index in [1.807, 2.05) is 6.20 Å². The molecule has 1 N–H and O–H groups in total. The number of imidazole rings is 1. The zero-order valence-electron chi connectivity index (χ0n) is 11.5. The first-order chi connectivity index (χ1) is 9.36. The lowest BCUT2D eigenvalue weighted by atomic mass is 10.1. The summed E-state index contributed by atoms with van der Waals surface area (Å²) in [6.07, 6.45) is 6.18. The summed E-state index contributed by atoms with van der Waals surface area (Å²) < 4.78 is 7.29. The summed E-state index contributed by atoms with van der Waals surface area (Å²) in [5.41, 5.74) is 0. The molecule has 1 atom stereocenters. The van der Waals surface area contributed by atoms with Crippen molar-refractivity contribution >= 4 is 17.3 Å². The predicted octanol–water partition coefficient (Wildman–Crippen LogP) is 3.39. The van der Waals surface area contributed by atoms with E-state index in [2.05, 4.69) is 45.5 Å². The van der Waals surface area contributed by atoms with Crippen molar-refractivity contribution in [2.45, 2.75) is 25.8 Å². The summed E-state index contributed by atoms with van der Waals surface area (Å²) in [6, 6.07) is 4.68. The molecule has 0 fully saturated rings. The molecule has 0 aliphatic carbocycles. The van der Waals surface area contributed by atoms with Gasteiger partial charge in [0.15, 0.2) is 0 Å². The van der Waals surface area contributed by atoms with Gasteiger partial charge in [-0.25, -0.2) is 4.98 Å². The van der Waals surface area contributed by atoms with Crippen LogP contribution in [0.3, 0.4) is 0 Å². The maximum atomic E-state index is 5.06. The first kappa shape index (κ1) is 14.1. The van der Waals surface area contributed by atoms with Crippen LogP contribution in [0.4, 0.5) is 5.95 Å². The molecule has 0 aliphatic rings. The van der Waals surface area contributed by atoms with Gasteiger partial charge in [-0.05, 0) is 17.9 Å². The molecule has 2 aromatic heterocycles. The van der Waals surface area contributed by atoms with Gasteiger partial charge in [-0.2, -0.15) is 0 Å². The minimum absolute atomic E-state index is 0.373. The van der Waals surface area contributed by atoms with Crippen molar-refractivity contribution < 1.29 is 4.74 Å². The highest BCUT2D eigenvalue weighted by atomic mass is 32.1. The van der Waals surface area contributed by atoms with E-state index in [9.17, 15) is 0 Å². The molecule has 0 bridgehead atoms. The van der Waals surface area contributed by atoms with Crippen molar-refractivity contribution in [2.24, 2.45) is 0 Å². The number of aromatic nitrogens is 2. The Hall–Kier alpha value is -1.33. The van der Waals surface area contributed by atoms with E-state index in [1.165, 1.54) is 4.88 Å². The van der Waals surface area contributed by atoms with E-state index in [0.717, 1.165) is 25.3 Å². The lowest BCUT2D eigenvalue weighted by Gasteiger charge is -2.19. The SMILES string of the molecule is CCCC(c1cccs1)n1ccnc1NCCOC. The lowest BCUT2D eigenvalue weighted by molar-refractivity contribution is 0.210. The van der Waals surface area contributed by atoms with Gasteiger partial charge in [-0.3, -0.25) is 0 Å². The molecule has 2 heterocycles. The molecule has 0 aromatic carbocycles. The smallest absolute Gasteiger partial charge is 0.203 e. The lowest BCUT2D eigenvalue weighted by Crippen LogP contribution is -2.16. The molecule has 2 rings (SSSR count). The minimum atomic E-state index is 0.373. The molecule has 0 saturated carbocycles. The van der Waals surface area contributed by atoms with E-state index in [0.29, 0.717) is 12.6 Å². The zero-order valence-corrected chi connectivity index (χ0v) is 12.3. The Bertz CT molecular complexity index is 467. The van der Waals surface area contributed by atoms with Gasteiger partial charge in [0.2, 0.25) is 5.95 Å². The highest BCUT2D eigenvalue weighted by Crippen LogP contribution is 2.29. The number of nitrogens with zero attached hydrogens (tertiary/aromatic N) is 2. The molecule has 0 saturated heterocycles. The molecular weight excluding hydrogens is 258 g/mol. The van der Waals surface area contributed by atoms with Crippen molar-refractivity contribution in [3.8, 4) is 0 Å². The summed E-state index contributed by atoms with van der Waals surface area (Å²) >= 11 is 1.81. The largest absolute Gasteiger partial charge is 0.383 e. The Morgan fingerprint density at radius 1 is 1.53 bits per heavy atom. The van der Waals surface area contributed by atoms with Crippen molar-refractivity contribution in [1.82, 2.24) is 9.55 Å². The number of nitrogens with one attached hydrogen (secondary N) is 1. The number of hydrogen-bond donors (Lipinski definition) is 1. The van der Waals surface area contributed by atoms with Gasteiger partial charge in [0.05, 0.1) is 12.6 Å². The van der Waals surface area contributed by atoms with Crippen molar-refractivity contribution in [3.05, 3.63) is 34.8 Å². The van der Waals surface area contributed by atoms with Gasteiger partial charge >= 0.3 is 0 Å². The second kappa shape index (κ2) is 7.31. The van der Waals surface area contributed by atoms with E-state index >= 15 is 0 Å². The maximum Gasteiger partial charge on any atom is 0.203 e. The second-order valence-electron chi connectivity index (χ2n) is 4.40. The number of thiophene rings is 1. The van der Waals surface area contributed by atoms with Gasteiger partial charge in [-0.15, -0.1) is 11.3 Å². The third-order valence-electron chi connectivity index (χ3n) is 3.03. The van der Waals surface area contributed by atoms with E-state index in [-0.39, 0.29) is 0 Å². The minimum Gasteiger partial charge on any atom is -0.383 e. The average Bonchev–Trinajstić information content (AvgIpc) is 3.08. The monoisotopic (exact) mass is 279 g/mol. The van der Waals surface area contributed by atoms with Crippen molar-refractivity contribution in [2.75, 3.05) is 25.6 Å². The average molecular weight is 279 g/mol. The molecule has 0 radical (unpaired) electrons. The Kier molecular flexibility index (Phi) is 5.42. The quantitative estimate of drug-likeness (QED) is 0.753. The molecule has 104 valence electrons. The molecular formula is C14H21N3OS. The van der Waals surface area contributed by atoms with Crippen molar-refractivity contribution in [1.29, 1.82) is 0 Å². The first-order valence-corrected chi connectivity index (χ1v) is 7.53. The fraction of sp³-hybridized carbons (Fsp3) is 0.500. The highest BCUT2D eigenvalue weighted by Gasteiger charge is 2.16. The molecule has 2 aromatic rings. The standard InChI is InChI=1S/C14H21N3OS/c1-3-5-12(13-6-4-11-19-13)17-9-7-15-14(17)16-8-10-18-2/h4,6-7,9,11-12H,3,5,8,10H2,1-2H3,(H,15,16). The third kappa shape index (κ3) is 3.58. The van der Waals surface area contributed by atoms with Crippen molar-refractivity contribution in [3.63, 3.8) is 0 Å². The Labute approximate surface area is 118 Å². The van der Waals surface area contributed by atoms with Crippen LogP contribution in [-0.4, -0.2) is 29.8 Å². The molecule has 1 unspecified atom stereocenters. The van der Waals surface area contributed by atoms with Crippen LogP contribution >= 0.6 is 11.3 Å². The van der Waals surface area contributed by atoms with Crippen LogP contribution in [0.25, 0.3) is 0 Å². The Balaban J connectivity index is 2.15. The third-order valence-corrected chi connectivity index (χ3v) is 4.00. The number of ether oxygens (including phenoxy) is 1.